The van der Waals surface area contributed by atoms with Crippen molar-refractivity contribution in [1.29, 1.82) is 0 Å². The number of H-pyrrole nitrogens is 1. The number of halogens is 2. The summed E-state index contributed by atoms with van der Waals surface area (Å²) in [5, 5.41) is 9.39. The molecule has 0 radical (unpaired) electrons. The molecule has 0 saturated heterocycles. The van der Waals surface area contributed by atoms with E-state index in [4.69, 9.17) is 5.73 Å². The second-order valence-electron chi connectivity index (χ2n) is 4.70. The van der Waals surface area contributed by atoms with Gasteiger partial charge in [-0.3, -0.25) is 0 Å². The Labute approximate surface area is 138 Å². The first-order valence-corrected chi connectivity index (χ1v) is 7.25. The molecule has 1 aromatic carbocycles. The van der Waals surface area contributed by atoms with Crippen LogP contribution in [0.1, 0.15) is 10.4 Å². The summed E-state index contributed by atoms with van der Waals surface area (Å²) in [6, 6.07) is 7.27. The summed E-state index contributed by atoms with van der Waals surface area (Å²) in [5.74, 6) is -1.65. The van der Waals surface area contributed by atoms with E-state index in [-0.39, 0.29) is 22.8 Å². The van der Waals surface area contributed by atoms with Crippen LogP contribution in [0.2, 0.25) is 0 Å². The van der Waals surface area contributed by atoms with E-state index >= 15 is 0 Å². The molecule has 0 amide bonds. The summed E-state index contributed by atoms with van der Waals surface area (Å²) in [7, 11) is 0. The predicted octanol–water partition coefficient (Wildman–Crippen LogP) is 3.32. The number of hydrogen-bond donors (Lipinski definition) is 3. The zero-order chi connectivity index (χ0) is 16.6. The first-order valence-electron chi connectivity index (χ1n) is 6.46. The molecule has 8 heteroatoms. The van der Waals surface area contributed by atoms with Crippen molar-refractivity contribution < 1.29 is 14.3 Å². The summed E-state index contributed by atoms with van der Waals surface area (Å²) in [6.45, 7) is 0. The highest BCUT2D eigenvalue weighted by Crippen LogP contribution is 2.31. The summed E-state index contributed by atoms with van der Waals surface area (Å²) in [5.41, 5.74) is 6.60. The second-order valence-corrected chi connectivity index (χ2v) is 5.62. The van der Waals surface area contributed by atoms with Gasteiger partial charge < -0.3 is 15.8 Å². The first-order chi connectivity index (χ1) is 11.0. The Bertz CT molecular complexity index is 910. The Kier molecular flexibility index (Phi) is 3.83. The highest BCUT2D eigenvalue weighted by molar-refractivity contribution is 9.10. The minimum atomic E-state index is -1.18. The molecule has 3 aromatic rings. The van der Waals surface area contributed by atoms with Gasteiger partial charge in [0.25, 0.3) is 0 Å². The molecule has 0 aliphatic heterocycles. The third-order valence-corrected chi connectivity index (χ3v) is 3.69. The molecular formula is C15H10BrFN4O2. The average molecular weight is 377 g/mol. The van der Waals surface area contributed by atoms with Gasteiger partial charge in [-0.25, -0.2) is 19.2 Å². The average Bonchev–Trinajstić information content (AvgIpc) is 2.95. The molecule has 6 nitrogen and oxygen atoms in total. The standard InChI is InChI=1S/C15H10BrFN4O2/c16-7-1-2-10(17)8(5-7)13-9(14(22)23)6-12(20-13)11-3-4-19-15(18)21-11/h1-6,20H,(H,22,23)(H2,18,19,21). The van der Waals surface area contributed by atoms with Gasteiger partial charge in [0, 0.05) is 16.2 Å². The maximum atomic E-state index is 14.1. The summed E-state index contributed by atoms with van der Waals surface area (Å²) >= 11 is 3.25. The quantitative estimate of drug-likeness (QED) is 0.650. The monoisotopic (exact) mass is 376 g/mol. The number of nitrogens with zero attached hydrogens (tertiary/aromatic N) is 2. The van der Waals surface area contributed by atoms with Crippen LogP contribution in [0.25, 0.3) is 22.6 Å². The van der Waals surface area contributed by atoms with Crippen LogP contribution in [-0.4, -0.2) is 26.0 Å². The molecule has 0 saturated carbocycles. The number of benzene rings is 1. The van der Waals surface area contributed by atoms with Crippen molar-refractivity contribution in [3.8, 4) is 22.6 Å². The molecule has 0 aliphatic carbocycles. The molecule has 0 aliphatic rings. The largest absolute Gasteiger partial charge is 0.478 e. The van der Waals surface area contributed by atoms with Gasteiger partial charge in [0.2, 0.25) is 5.95 Å². The number of carbonyl (C=O) groups is 1. The number of carboxylic acids is 1. The van der Waals surface area contributed by atoms with Crippen molar-refractivity contribution in [2.75, 3.05) is 5.73 Å². The van der Waals surface area contributed by atoms with E-state index in [1.54, 1.807) is 6.07 Å². The fraction of sp³-hybridized carbons (Fsp3) is 0. The highest BCUT2D eigenvalue weighted by Gasteiger charge is 2.20. The molecule has 0 fully saturated rings. The number of nitrogen functional groups attached to an aromatic ring is 1. The number of aromatic amines is 1. The van der Waals surface area contributed by atoms with E-state index < -0.39 is 11.8 Å². The molecule has 3 rings (SSSR count). The number of rotatable bonds is 3. The first kappa shape index (κ1) is 15.2. The zero-order valence-corrected chi connectivity index (χ0v) is 13.1. The number of hydrogen-bond acceptors (Lipinski definition) is 4. The van der Waals surface area contributed by atoms with Crippen LogP contribution in [0.5, 0.6) is 0 Å². The Hall–Kier alpha value is -2.74. The Morgan fingerprint density at radius 1 is 1.30 bits per heavy atom. The van der Waals surface area contributed by atoms with Gasteiger partial charge in [0.1, 0.15) is 5.82 Å². The van der Waals surface area contributed by atoms with Crippen molar-refractivity contribution in [1.82, 2.24) is 15.0 Å². The molecule has 2 heterocycles. The van der Waals surface area contributed by atoms with Gasteiger partial charge in [-0.05, 0) is 30.3 Å². The van der Waals surface area contributed by atoms with Crippen LogP contribution in [0, 0.1) is 5.82 Å². The van der Waals surface area contributed by atoms with Crippen molar-refractivity contribution in [2.45, 2.75) is 0 Å². The lowest BCUT2D eigenvalue weighted by molar-refractivity contribution is 0.0698. The number of aromatic nitrogens is 3. The second kappa shape index (κ2) is 5.81. The topological polar surface area (TPSA) is 105 Å². The van der Waals surface area contributed by atoms with E-state index in [1.807, 2.05) is 0 Å². The predicted molar refractivity (Wildman–Crippen MR) is 86.3 cm³/mol. The van der Waals surface area contributed by atoms with Gasteiger partial charge in [0.15, 0.2) is 0 Å². The Morgan fingerprint density at radius 2 is 2.09 bits per heavy atom. The lowest BCUT2D eigenvalue weighted by Crippen LogP contribution is -1.98. The van der Waals surface area contributed by atoms with Gasteiger partial charge in [-0.2, -0.15) is 0 Å². The molecule has 0 unspecified atom stereocenters. The van der Waals surface area contributed by atoms with E-state index in [0.717, 1.165) is 0 Å². The molecule has 0 bridgehead atoms. The van der Waals surface area contributed by atoms with Crippen LogP contribution in [0.15, 0.2) is 41.0 Å². The van der Waals surface area contributed by atoms with Gasteiger partial charge in [0.05, 0.1) is 22.6 Å². The number of anilines is 1. The third kappa shape index (κ3) is 2.93. The third-order valence-electron chi connectivity index (χ3n) is 3.20. The van der Waals surface area contributed by atoms with Crippen molar-refractivity contribution >= 4 is 27.8 Å². The van der Waals surface area contributed by atoms with Gasteiger partial charge >= 0.3 is 5.97 Å². The number of nitrogens with one attached hydrogen (secondary N) is 1. The zero-order valence-electron chi connectivity index (χ0n) is 11.5. The summed E-state index contributed by atoms with van der Waals surface area (Å²) < 4.78 is 14.7. The van der Waals surface area contributed by atoms with Crippen molar-refractivity contribution in [3.05, 3.63) is 52.4 Å². The van der Waals surface area contributed by atoms with Crippen molar-refractivity contribution in [2.24, 2.45) is 0 Å². The van der Waals surface area contributed by atoms with Crippen LogP contribution >= 0.6 is 15.9 Å². The van der Waals surface area contributed by atoms with Gasteiger partial charge in [-0.1, -0.05) is 15.9 Å². The number of nitrogens with two attached hydrogens (primary N) is 1. The van der Waals surface area contributed by atoms with Crippen LogP contribution in [0.4, 0.5) is 10.3 Å². The highest BCUT2D eigenvalue weighted by atomic mass is 79.9. The maximum absolute atomic E-state index is 14.1. The molecular weight excluding hydrogens is 367 g/mol. The lowest BCUT2D eigenvalue weighted by Gasteiger charge is -2.04. The van der Waals surface area contributed by atoms with Crippen LogP contribution in [0.3, 0.4) is 0 Å². The van der Waals surface area contributed by atoms with E-state index in [9.17, 15) is 14.3 Å². The fourth-order valence-corrected chi connectivity index (χ4v) is 2.55. The van der Waals surface area contributed by atoms with Crippen LogP contribution in [-0.2, 0) is 0 Å². The fourth-order valence-electron chi connectivity index (χ4n) is 2.19. The lowest BCUT2D eigenvalue weighted by atomic mass is 10.1. The maximum Gasteiger partial charge on any atom is 0.337 e. The van der Waals surface area contributed by atoms with E-state index in [0.29, 0.717) is 15.9 Å². The smallest absolute Gasteiger partial charge is 0.337 e. The molecule has 4 N–H and O–H groups in total. The molecule has 2 aromatic heterocycles. The molecule has 23 heavy (non-hydrogen) atoms. The minimum Gasteiger partial charge on any atom is -0.478 e. The number of carboxylic acid groups (broad SMARTS) is 1. The van der Waals surface area contributed by atoms with Gasteiger partial charge in [-0.15, -0.1) is 0 Å². The molecule has 0 atom stereocenters. The normalized spacial score (nSPS) is 10.7. The molecule has 0 spiro atoms. The SMILES string of the molecule is Nc1nccc(-c2cc(C(=O)O)c(-c3cc(Br)ccc3F)[nH]2)n1. The van der Waals surface area contributed by atoms with Crippen molar-refractivity contribution in [3.63, 3.8) is 0 Å². The summed E-state index contributed by atoms with van der Waals surface area (Å²) in [6.07, 6.45) is 1.46. The van der Waals surface area contributed by atoms with E-state index in [1.165, 1.54) is 30.5 Å². The molecule has 116 valence electrons. The van der Waals surface area contributed by atoms with Crippen LogP contribution < -0.4 is 5.73 Å². The minimum absolute atomic E-state index is 0.0594. The Morgan fingerprint density at radius 3 is 2.78 bits per heavy atom. The Balaban J connectivity index is 2.21. The van der Waals surface area contributed by atoms with E-state index in [2.05, 4.69) is 30.9 Å². The number of aromatic carboxylic acids is 1. The summed E-state index contributed by atoms with van der Waals surface area (Å²) in [4.78, 5) is 22.2.